The average Bonchev–Trinajstić information content (AvgIpc) is 2.42. The van der Waals surface area contributed by atoms with Gasteiger partial charge in [0.1, 0.15) is 0 Å². The number of fused-ring (bicyclic) bond motifs is 1. The first kappa shape index (κ1) is 16.0. The summed E-state index contributed by atoms with van der Waals surface area (Å²) in [6.07, 6.45) is 1.17. The van der Waals surface area contributed by atoms with Gasteiger partial charge in [0.2, 0.25) is 0 Å². The van der Waals surface area contributed by atoms with Crippen molar-refractivity contribution in [1.29, 1.82) is 0 Å². The van der Waals surface area contributed by atoms with E-state index in [1.165, 1.54) is 0 Å². The summed E-state index contributed by atoms with van der Waals surface area (Å²) < 4.78 is 0. The molecular weight excluding hydrogens is 280 g/mol. The van der Waals surface area contributed by atoms with Gasteiger partial charge < -0.3 is 10.2 Å². The zero-order chi connectivity index (χ0) is 16.5. The number of Topliss-reactive ketones (excluding diaryl/α,β-unsaturated/α-hetero) is 1. The van der Waals surface area contributed by atoms with Gasteiger partial charge in [0.25, 0.3) is 0 Å². The number of carboxylic acid groups (broad SMARTS) is 1. The second-order valence-corrected chi connectivity index (χ2v) is 6.16. The van der Waals surface area contributed by atoms with E-state index in [1.54, 1.807) is 45.0 Å². The van der Waals surface area contributed by atoms with Gasteiger partial charge in [-0.05, 0) is 6.92 Å². The molecule has 0 amide bonds. The van der Waals surface area contributed by atoms with E-state index in [-0.39, 0.29) is 12.2 Å². The molecule has 22 heavy (non-hydrogen) atoms. The lowest BCUT2D eigenvalue weighted by Gasteiger charge is -2.43. The van der Waals surface area contributed by atoms with Crippen LogP contribution in [0, 0.1) is 17.3 Å². The normalized spacial score (nSPS) is 23.3. The first-order valence-corrected chi connectivity index (χ1v) is 6.97. The summed E-state index contributed by atoms with van der Waals surface area (Å²) in [5.74, 6) is 4.39. The summed E-state index contributed by atoms with van der Waals surface area (Å²) in [5, 5.41) is 19.9. The van der Waals surface area contributed by atoms with Crippen molar-refractivity contribution in [3.8, 4) is 11.8 Å². The molecule has 1 unspecified atom stereocenters. The lowest BCUT2D eigenvalue weighted by Crippen LogP contribution is -2.46. The molecule has 0 heterocycles. The second-order valence-electron chi connectivity index (χ2n) is 6.16. The van der Waals surface area contributed by atoms with Crippen molar-refractivity contribution in [2.75, 3.05) is 0 Å². The predicted octanol–water partition coefficient (Wildman–Crippen LogP) is 2.52. The minimum atomic E-state index is -1.51. The van der Waals surface area contributed by atoms with Gasteiger partial charge in [-0.15, -0.1) is 0 Å². The van der Waals surface area contributed by atoms with Crippen molar-refractivity contribution in [3.63, 3.8) is 0 Å². The zero-order valence-corrected chi connectivity index (χ0v) is 12.8. The number of aliphatic carboxylic acids is 1. The fourth-order valence-electron chi connectivity index (χ4n) is 2.68. The number of carbonyl (C=O) groups excluding carboxylic acids is 1. The van der Waals surface area contributed by atoms with Crippen molar-refractivity contribution in [3.05, 3.63) is 47.0 Å². The van der Waals surface area contributed by atoms with Crippen LogP contribution in [0.1, 0.15) is 43.1 Å². The van der Waals surface area contributed by atoms with E-state index in [4.69, 9.17) is 5.11 Å². The molecule has 2 N–H and O–H groups in total. The van der Waals surface area contributed by atoms with E-state index in [1.807, 2.05) is 0 Å². The molecule has 1 atom stereocenters. The first-order chi connectivity index (χ1) is 10.2. The number of hydrogen-bond acceptors (Lipinski definition) is 3. The highest BCUT2D eigenvalue weighted by atomic mass is 16.4. The Bertz CT molecular complexity index is 731. The monoisotopic (exact) mass is 298 g/mol. The molecule has 1 aliphatic rings. The van der Waals surface area contributed by atoms with Gasteiger partial charge in [-0.2, -0.15) is 0 Å². The number of aliphatic hydroxyl groups is 1. The number of ketones is 1. The highest BCUT2D eigenvalue weighted by molar-refractivity contribution is 6.00. The molecule has 4 nitrogen and oxygen atoms in total. The number of carboxylic acids is 1. The molecule has 4 heteroatoms. The Morgan fingerprint density at radius 1 is 1.32 bits per heavy atom. The largest absolute Gasteiger partial charge is 0.478 e. The summed E-state index contributed by atoms with van der Waals surface area (Å²) in [4.78, 5) is 22.9. The third-order valence-electron chi connectivity index (χ3n) is 3.98. The topological polar surface area (TPSA) is 74.6 Å². The Balaban J connectivity index is 2.60. The van der Waals surface area contributed by atoms with Crippen molar-refractivity contribution in [2.24, 2.45) is 5.41 Å². The van der Waals surface area contributed by atoms with Gasteiger partial charge in [-0.1, -0.05) is 50.0 Å². The van der Waals surface area contributed by atoms with Crippen molar-refractivity contribution in [2.45, 2.75) is 32.8 Å². The summed E-state index contributed by atoms with van der Waals surface area (Å²) in [5.41, 5.74) is -0.989. The number of rotatable bonds is 1. The smallest absolute Gasteiger partial charge is 0.329 e. The molecule has 0 bridgehead atoms. The molecule has 0 spiro atoms. The SMILES string of the molecule is CC(C#CC1(O)c2ccccc2C(=O)CC1(C)C)=CC(=O)O. The van der Waals surface area contributed by atoms with Gasteiger partial charge in [0, 0.05) is 34.6 Å². The molecular formula is C18H18O4. The van der Waals surface area contributed by atoms with Gasteiger partial charge in [-0.3, -0.25) is 4.79 Å². The van der Waals surface area contributed by atoms with Crippen molar-refractivity contribution < 1.29 is 19.8 Å². The third-order valence-corrected chi connectivity index (χ3v) is 3.98. The summed E-state index contributed by atoms with van der Waals surface area (Å²) >= 11 is 0. The predicted molar refractivity (Wildman–Crippen MR) is 82.2 cm³/mol. The molecule has 0 saturated heterocycles. The minimum absolute atomic E-state index is 0.0233. The summed E-state index contributed by atoms with van der Waals surface area (Å²) in [7, 11) is 0. The molecule has 0 radical (unpaired) electrons. The second kappa shape index (κ2) is 5.43. The lowest BCUT2D eigenvalue weighted by atomic mass is 9.62. The Morgan fingerprint density at radius 3 is 2.59 bits per heavy atom. The first-order valence-electron chi connectivity index (χ1n) is 6.97. The van der Waals surface area contributed by atoms with Crippen LogP contribution < -0.4 is 0 Å². The van der Waals surface area contributed by atoms with E-state index in [2.05, 4.69) is 11.8 Å². The van der Waals surface area contributed by atoms with Crippen LogP contribution in [0.15, 0.2) is 35.9 Å². The van der Waals surface area contributed by atoms with Crippen LogP contribution in [0.25, 0.3) is 0 Å². The van der Waals surface area contributed by atoms with Crippen molar-refractivity contribution in [1.82, 2.24) is 0 Å². The van der Waals surface area contributed by atoms with Gasteiger partial charge >= 0.3 is 5.97 Å². The number of allylic oxidation sites excluding steroid dienone is 1. The molecule has 0 aromatic heterocycles. The van der Waals surface area contributed by atoms with Crippen LogP contribution in [0.2, 0.25) is 0 Å². The molecule has 1 aliphatic carbocycles. The molecule has 1 aromatic rings. The van der Waals surface area contributed by atoms with Crippen molar-refractivity contribution >= 4 is 11.8 Å². The van der Waals surface area contributed by atoms with E-state index >= 15 is 0 Å². The number of carbonyl (C=O) groups is 2. The van der Waals surface area contributed by atoms with Crippen LogP contribution in [0.5, 0.6) is 0 Å². The number of benzene rings is 1. The van der Waals surface area contributed by atoms with Gasteiger partial charge in [0.05, 0.1) is 0 Å². The van der Waals surface area contributed by atoms with Crippen LogP contribution in [-0.2, 0) is 10.4 Å². The molecule has 1 aromatic carbocycles. The fourth-order valence-corrected chi connectivity index (χ4v) is 2.68. The van der Waals surface area contributed by atoms with E-state index in [9.17, 15) is 14.7 Å². The standard InChI is InChI=1S/C18H18O4/c1-12(10-16(20)21)8-9-18(22)14-7-5-4-6-13(14)15(19)11-17(18,2)3/h4-7,10,22H,11H2,1-3H3,(H,20,21). The minimum Gasteiger partial charge on any atom is -0.478 e. The summed E-state index contributed by atoms with van der Waals surface area (Å²) in [6.45, 7) is 5.13. The Morgan fingerprint density at radius 2 is 1.95 bits per heavy atom. The van der Waals surface area contributed by atoms with Crippen LogP contribution >= 0.6 is 0 Å². The Hall–Kier alpha value is -2.38. The molecule has 0 fully saturated rings. The highest BCUT2D eigenvalue weighted by Crippen LogP contribution is 2.47. The van der Waals surface area contributed by atoms with Gasteiger partial charge in [-0.25, -0.2) is 4.79 Å². The van der Waals surface area contributed by atoms with E-state index in [0.29, 0.717) is 16.7 Å². The van der Waals surface area contributed by atoms with Crippen LogP contribution in [-0.4, -0.2) is 22.0 Å². The van der Waals surface area contributed by atoms with E-state index < -0.39 is 17.0 Å². The Labute approximate surface area is 129 Å². The maximum absolute atomic E-state index is 12.2. The Kier molecular flexibility index (Phi) is 3.95. The molecule has 2 rings (SSSR count). The van der Waals surface area contributed by atoms with Gasteiger partial charge in [0.15, 0.2) is 11.4 Å². The molecule has 0 aliphatic heterocycles. The quantitative estimate of drug-likeness (QED) is 0.617. The van der Waals surface area contributed by atoms with Crippen LogP contribution in [0.3, 0.4) is 0 Å². The lowest BCUT2D eigenvalue weighted by molar-refractivity contribution is -0.131. The fraction of sp³-hybridized carbons (Fsp3) is 0.333. The maximum Gasteiger partial charge on any atom is 0.329 e. The van der Waals surface area contributed by atoms with E-state index in [0.717, 1.165) is 6.08 Å². The molecule has 0 saturated carbocycles. The number of hydrogen-bond donors (Lipinski definition) is 2. The molecule has 114 valence electrons. The summed E-state index contributed by atoms with van der Waals surface area (Å²) in [6, 6.07) is 6.87. The zero-order valence-electron chi connectivity index (χ0n) is 12.8. The van der Waals surface area contributed by atoms with Crippen LogP contribution in [0.4, 0.5) is 0 Å². The third kappa shape index (κ3) is 2.68. The average molecular weight is 298 g/mol. The maximum atomic E-state index is 12.2. The highest BCUT2D eigenvalue weighted by Gasteiger charge is 2.50.